The van der Waals surface area contributed by atoms with Crippen LogP contribution in [0.3, 0.4) is 0 Å². The predicted octanol–water partition coefficient (Wildman–Crippen LogP) is 1.87. The molecule has 1 saturated heterocycles. The largest absolute Gasteiger partial charge is 0.490 e. The van der Waals surface area contributed by atoms with E-state index >= 15 is 0 Å². The van der Waals surface area contributed by atoms with E-state index in [-0.39, 0.29) is 0 Å². The van der Waals surface area contributed by atoms with Crippen LogP contribution in [0.1, 0.15) is 12.8 Å². The van der Waals surface area contributed by atoms with Crippen molar-refractivity contribution in [1.29, 1.82) is 0 Å². The van der Waals surface area contributed by atoms with Gasteiger partial charge in [-0.05, 0) is 19.4 Å². The maximum Gasteiger partial charge on any atom is 0.139 e. The Labute approximate surface area is 88.4 Å². The molecule has 1 aliphatic rings. The van der Waals surface area contributed by atoms with Crippen molar-refractivity contribution in [2.75, 3.05) is 13.2 Å². The van der Waals surface area contributed by atoms with Gasteiger partial charge in [0.1, 0.15) is 12.4 Å². The van der Waals surface area contributed by atoms with Gasteiger partial charge in [0.05, 0.1) is 11.2 Å². The van der Waals surface area contributed by atoms with Crippen LogP contribution in [-0.4, -0.2) is 24.2 Å². The third-order valence-corrected chi connectivity index (χ3v) is 2.50. The SMILES string of the molecule is Clc1cncc(OC[C@@H]2CCCN2)c1. The summed E-state index contributed by atoms with van der Waals surface area (Å²) in [6, 6.07) is 2.26. The lowest BCUT2D eigenvalue weighted by Gasteiger charge is -2.11. The third kappa shape index (κ3) is 2.59. The molecule has 2 rings (SSSR count). The summed E-state index contributed by atoms with van der Waals surface area (Å²) in [5, 5.41) is 3.98. The summed E-state index contributed by atoms with van der Waals surface area (Å²) in [6.45, 7) is 1.80. The molecule has 1 fully saturated rings. The second-order valence-corrected chi connectivity index (χ2v) is 3.88. The topological polar surface area (TPSA) is 34.1 Å². The van der Waals surface area contributed by atoms with E-state index in [0.717, 1.165) is 12.3 Å². The first kappa shape index (κ1) is 9.74. The Bertz CT molecular complexity index is 300. The van der Waals surface area contributed by atoms with Crippen LogP contribution < -0.4 is 10.1 Å². The van der Waals surface area contributed by atoms with Gasteiger partial charge in [0.2, 0.25) is 0 Å². The summed E-state index contributed by atoms with van der Waals surface area (Å²) >= 11 is 5.78. The van der Waals surface area contributed by atoms with E-state index in [9.17, 15) is 0 Å². The van der Waals surface area contributed by atoms with E-state index in [2.05, 4.69) is 10.3 Å². The van der Waals surface area contributed by atoms with Crippen molar-refractivity contribution in [2.24, 2.45) is 0 Å². The van der Waals surface area contributed by atoms with E-state index in [1.165, 1.54) is 12.8 Å². The quantitative estimate of drug-likeness (QED) is 0.831. The molecular weight excluding hydrogens is 200 g/mol. The standard InChI is InChI=1S/C10H13ClN2O/c11-8-4-10(6-12-5-8)14-7-9-2-1-3-13-9/h4-6,9,13H,1-3,7H2/t9-/m0/s1. The number of hydrogen-bond acceptors (Lipinski definition) is 3. The normalized spacial score (nSPS) is 21.1. The van der Waals surface area contributed by atoms with Gasteiger partial charge in [-0.3, -0.25) is 4.98 Å². The minimum atomic E-state index is 0.481. The van der Waals surface area contributed by atoms with Crippen LogP contribution in [-0.2, 0) is 0 Å². The Hall–Kier alpha value is -0.800. The molecule has 14 heavy (non-hydrogen) atoms. The fourth-order valence-corrected chi connectivity index (χ4v) is 1.73. The van der Waals surface area contributed by atoms with Gasteiger partial charge in [0.15, 0.2) is 0 Å². The zero-order valence-electron chi connectivity index (χ0n) is 7.87. The number of hydrogen-bond donors (Lipinski definition) is 1. The summed E-state index contributed by atoms with van der Waals surface area (Å²) in [7, 11) is 0. The summed E-state index contributed by atoms with van der Waals surface area (Å²) < 4.78 is 5.56. The predicted molar refractivity (Wildman–Crippen MR) is 55.8 cm³/mol. The van der Waals surface area contributed by atoms with Crippen LogP contribution in [0.2, 0.25) is 5.02 Å². The highest BCUT2D eigenvalue weighted by Gasteiger charge is 2.14. The van der Waals surface area contributed by atoms with Crippen molar-refractivity contribution in [2.45, 2.75) is 18.9 Å². The van der Waals surface area contributed by atoms with Gasteiger partial charge < -0.3 is 10.1 Å². The summed E-state index contributed by atoms with van der Waals surface area (Å²) in [5.41, 5.74) is 0. The Balaban J connectivity index is 1.85. The van der Waals surface area contributed by atoms with Crippen molar-refractivity contribution in [3.05, 3.63) is 23.5 Å². The highest BCUT2D eigenvalue weighted by Crippen LogP contribution is 2.16. The van der Waals surface area contributed by atoms with Crippen LogP contribution in [0.5, 0.6) is 5.75 Å². The Morgan fingerprint density at radius 1 is 1.57 bits per heavy atom. The first-order valence-electron chi connectivity index (χ1n) is 4.81. The molecule has 2 heterocycles. The van der Waals surface area contributed by atoms with E-state index in [0.29, 0.717) is 17.7 Å². The first-order valence-corrected chi connectivity index (χ1v) is 5.19. The number of rotatable bonds is 3. The van der Waals surface area contributed by atoms with Gasteiger partial charge >= 0.3 is 0 Å². The lowest BCUT2D eigenvalue weighted by atomic mass is 10.2. The molecule has 1 N–H and O–H groups in total. The van der Waals surface area contributed by atoms with Crippen LogP contribution in [0.4, 0.5) is 0 Å². The molecule has 0 unspecified atom stereocenters. The van der Waals surface area contributed by atoms with Gasteiger partial charge in [0, 0.05) is 18.3 Å². The van der Waals surface area contributed by atoms with E-state index in [1.54, 1.807) is 18.5 Å². The van der Waals surface area contributed by atoms with Crippen LogP contribution in [0, 0.1) is 0 Å². The second kappa shape index (κ2) is 4.62. The van der Waals surface area contributed by atoms with Gasteiger partial charge in [-0.15, -0.1) is 0 Å². The maximum atomic E-state index is 5.78. The van der Waals surface area contributed by atoms with Crippen molar-refractivity contribution >= 4 is 11.6 Å². The molecule has 0 spiro atoms. The molecule has 0 saturated carbocycles. The molecule has 3 nitrogen and oxygen atoms in total. The number of halogens is 1. The molecule has 0 aromatic carbocycles. The molecule has 1 atom stereocenters. The van der Waals surface area contributed by atoms with Crippen molar-refractivity contribution in [3.63, 3.8) is 0 Å². The van der Waals surface area contributed by atoms with Crippen LogP contribution in [0.15, 0.2) is 18.5 Å². The smallest absolute Gasteiger partial charge is 0.139 e. The molecule has 1 aliphatic heterocycles. The van der Waals surface area contributed by atoms with Crippen LogP contribution >= 0.6 is 11.6 Å². The average Bonchev–Trinajstić information content (AvgIpc) is 2.67. The molecule has 1 aromatic rings. The molecule has 4 heteroatoms. The fourth-order valence-electron chi connectivity index (χ4n) is 1.57. The lowest BCUT2D eigenvalue weighted by molar-refractivity contribution is 0.276. The number of ether oxygens (including phenoxy) is 1. The Morgan fingerprint density at radius 2 is 2.50 bits per heavy atom. The van der Waals surface area contributed by atoms with Gasteiger partial charge in [-0.1, -0.05) is 11.6 Å². The zero-order chi connectivity index (χ0) is 9.80. The molecule has 0 bridgehead atoms. The molecule has 0 aliphatic carbocycles. The second-order valence-electron chi connectivity index (χ2n) is 3.44. The minimum Gasteiger partial charge on any atom is -0.490 e. The van der Waals surface area contributed by atoms with Gasteiger partial charge in [-0.25, -0.2) is 0 Å². The van der Waals surface area contributed by atoms with Crippen molar-refractivity contribution in [3.8, 4) is 5.75 Å². The number of aromatic nitrogens is 1. The molecule has 1 aromatic heterocycles. The highest BCUT2D eigenvalue weighted by atomic mass is 35.5. The van der Waals surface area contributed by atoms with E-state index in [1.807, 2.05) is 0 Å². The zero-order valence-corrected chi connectivity index (χ0v) is 8.63. The summed E-state index contributed by atoms with van der Waals surface area (Å²) in [6.07, 6.45) is 5.71. The summed E-state index contributed by atoms with van der Waals surface area (Å²) in [5.74, 6) is 0.742. The molecule has 0 radical (unpaired) electrons. The Morgan fingerprint density at radius 3 is 3.21 bits per heavy atom. The summed E-state index contributed by atoms with van der Waals surface area (Å²) in [4.78, 5) is 3.95. The number of pyridine rings is 1. The van der Waals surface area contributed by atoms with Crippen molar-refractivity contribution < 1.29 is 4.74 Å². The minimum absolute atomic E-state index is 0.481. The first-order chi connectivity index (χ1) is 6.84. The Kier molecular flexibility index (Phi) is 3.22. The van der Waals surface area contributed by atoms with E-state index in [4.69, 9.17) is 16.3 Å². The maximum absolute atomic E-state index is 5.78. The monoisotopic (exact) mass is 212 g/mol. The lowest BCUT2D eigenvalue weighted by Crippen LogP contribution is -2.28. The van der Waals surface area contributed by atoms with E-state index < -0.39 is 0 Å². The molecular formula is C10H13ClN2O. The van der Waals surface area contributed by atoms with Crippen LogP contribution in [0.25, 0.3) is 0 Å². The highest BCUT2D eigenvalue weighted by molar-refractivity contribution is 6.30. The van der Waals surface area contributed by atoms with Gasteiger partial charge in [-0.2, -0.15) is 0 Å². The van der Waals surface area contributed by atoms with Crippen molar-refractivity contribution in [1.82, 2.24) is 10.3 Å². The average molecular weight is 213 g/mol. The van der Waals surface area contributed by atoms with Gasteiger partial charge in [0.25, 0.3) is 0 Å². The molecule has 76 valence electrons. The molecule has 0 amide bonds. The number of nitrogens with one attached hydrogen (secondary N) is 1. The number of nitrogens with zero attached hydrogens (tertiary/aromatic N) is 1. The fraction of sp³-hybridized carbons (Fsp3) is 0.500. The third-order valence-electron chi connectivity index (χ3n) is 2.29.